The molecule has 0 N–H and O–H groups in total. The van der Waals surface area contributed by atoms with E-state index in [9.17, 15) is 14.4 Å². The van der Waals surface area contributed by atoms with Crippen molar-refractivity contribution in [3.63, 3.8) is 0 Å². The van der Waals surface area contributed by atoms with Crippen LogP contribution in [0.15, 0.2) is 23.8 Å². The van der Waals surface area contributed by atoms with Gasteiger partial charge in [-0.1, -0.05) is 6.08 Å². The topological polar surface area (TPSA) is 60.4 Å². The number of hydrogen-bond donors (Lipinski definition) is 0. The lowest BCUT2D eigenvalue weighted by molar-refractivity contribution is -0.137. The van der Waals surface area contributed by atoms with E-state index in [-0.39, 0.29) is 6.42 Å². The van der Waals surface area contributed by atoms with Gasteiger partial charge in [0.2, 0.25) is 11.6 Å². The molecule has 0 radical (unpaired) electrons. The van der Waals surface area contributed by atoms with E-state index in [1.54, 1.807) is 6.92 Å². The van der Waals surface area contributed by atoms with Gasteiger partial charge in [-0.15, -0.1) is 0 Å². The van der Waals surface area contributed by atoms with Gasteiger partial charge >= 0.3 is 5.97 Å². The number of Topliss-reactive ketones (excluding diaryl/α,β-unsaturated/α-hetero) is 1. The van der Waals surface area contributed by atoms with E-state index in [4.69, 9.17) is 0 Å². The molecule has 0 aromatic carbocycles. The standard InChI is InChI=1S/C10H10O4/c1-2-14-10(13)6-7-3-4-8(11)9(12)5-7/h3-4,6H,2,5H2,1H3. The van der Waals surface area contributed by atoms with Crippen LogP contribution < -0.4 is 0 Å². The number of carbonyl (C=O) groups excluding carboxylic acids is 3. The van der Waals surface area contributed by atoms with Gasteiger partial charge in [0.1, 0.15) is 0 Å². The largest absolute Gasteiger partial charge is 0.463 e. The molecule has 1 rings (SSSR count). The Morgan fingerprint density at radius 2 is 2.21 bits per heavy atom. The lowest BCUT2D eigenvalue weighted by Gasteiger charge is -2.04. The summed E-state index contributed by atoms with van der Waals surface area (Å²) in [5.41, 5.74) is 0.507. The number of carbonyl (C=O) groups is 3. The van der Waals surface area contributed by atoms with Crippen molar-refractivity contribution in [2.24, 2.45) is 0 Å². The van der Waals surface area contributed by atoms with E-state index < -0.39 is 17.5 Å². The summed E-state index contributed by atoms with van der Waals surface area (Å²) in [6, 6.07) is 0. The maximum Gasteiger partial charge on any atom is 0.331 e. The van der Waals surface area contributed by atoms with Gasteiger partial charge in [-0.3, -0.25) is 9.59 Å². The number of ether oxygens (including phenoxy) is 1. The van der Waals surface area contributed by atoms with Crippen LogP contribution >= 0.6 is 0 Å². The minimum atomic E-state index is -0.522. The third-order valence-corrected chi connectivity index (χ3v) is 1.68. The Kier molecular flexibility index (Phi) is 3.34. The van der Waals surface area contributed by atoms with E-state index in [1.165, 1.54) is 12.2 Å². The fourth-order valence-electron chi connectivity index (χ4n) is 1.04. The van der Waals surface area contributed by atoms with Crippen LogP contribution in [0.25, 0.3) is 0 Å². The molecule has 0 atom stereocenters. The van der Waals surface area contributed by atoms with E-state index in [1.807, 2.05) is 0 Å². The number of hydrogen-bond acceptors (Lipinski definition) is 4. The Labute approximate surface area is 81.2 Å². The Hall–Kier alpha value is -1.71. The summed E-state index contributed by atoms with van der Waals surface area (Å²) in [4.78, 5) is 32.7. The van der Waals surface area contributed by atoms with Crippen molar-refractivity contribution in [1.29, 1.82) is 0 Å². The minimum absolute atomic E-state index is 0.0197. The van der Waals surface area contributed by atoms with Crippen LogP contribution in [0.2, 0.25) is 0 Å². The molecule has 1 aliphatic carbocycles. The highest BCUT2D eigenvalue weighted by molar-refractivity contribution is 6.43. The first-order valence-electron chi connectivity index (χ1n) is 4.26. The number of allylic oxidation sites excluding steroid dienone is 3. The first-order chi connectivity index (χ1) is 6.63. The molecule has 0 aliphatic heterocycles. The summed E-state index contributed by atoms with van der Waals surface area (Å²) >= 11 is 0. The van der Waals surface area contributed by atoms with Gasteiger partial charge in [0.05, 0.1) is 6.61 Å². The normalized spacial score (nSPS) is 18.8. The highest BCUT2D eigenvalue weighted by Gasteiger charge is 2.17. The summed E-state index contributed by atoms with van der Waals surface area (Å²) in [5.74, 6) is -1.51. The third-order valence-electron chi connectivity index (χ3n) is 1.68. The Morgan fingerprint density at radius 1 is 1.50 bits per heavy atom. The minimum Gasteiger partial charge on any atom is -0.463 e. The first kappa shape index (κ1) is 10.4. The van der Waals surface area contributed by atoms with E-state index in [0.717, 1.165) is 6.08 Å². The first-order valence-corrected chi connectivity index (χ1v) is 4.26. The molecule has 0 amide bonds. The maximum absolute atomic E-state index is 11.0. The number of rotatable bonds is 2. The summed E-state index contributed by atoms with van der Waals surface area (Å²) in [7, 11) is 0. The SMILES string of the molecule is CCOC(=O)C=C1C=CC(=O)C(=O)C1. The van der Waals surface area contributed by atoms with Gasteiger partial charge in [-0.05, 0) is 18.6 Å². The molecule has 0 saturated carbocycles. The second-order valence-electron chi connectivity index (χ2n) is 2.77. The molecule has 0 fully saturated rings. The number of esters is 1. The zero-order chi connectivity index (χ0) is 10.6. The highest BCUT2D eigenvalue weighted by Crippen LogP contribution is 2.10. The molecular weight excluding hydrogens is 184 g/mol. The molecule has 1 aliphatic rings. The van der Waals surface area contributed by atoms with Crippen molar-refractivity contribution in [3.8, 4) is 0 Å². The molecule has 0 aromatic rings. The smallest absolute Gasteiger partial charge is 0.331 e. The van der Waals surface area contributed by atoms with Crippen molar-refractivity contribution >= 4 is 17.5 Å². The summed E-state index contributed by atoms with van der Waals surface area (Å²) in [6.45, 7) is 1.99. The van der Waals surface area contributed by atoms with Gasteiger partial charge in [0, 0.05) is 12.5 Å². The predicted octanol–water partition coefficient (Wildman–Crippen LogP) is 0.574. The Bertz CT molecular complexity index is 336. The predicted molar refractivity (Wildman–Crippen MR) is 48.5 cm³/mol. The van der Waals surface area contributed by atoms with Crippen molar-refractivity contribution in [3.05, 3.63) is 23.8 Å². The van der Waals surface area contributed by atoms with Crippen LogP contribution in [0.5, 0.6) is 0 Å². The van der Waals surface area contributed by atoms with Crippen LogP contribution in [0, 0.1) is 0 Å². The summed E-state index contributed by atoms with van der Waals surface area (Å²) in [6.07, 6.45) is 3.83. The maximum atomic E-state index is 11.0. The molecule has 0 heterocycles. The molecule has 74 valence electrons. The Balaban J connectivity index is 2.71. The highest BCUT2D eigenvalue weighted by atomic mass is 16.5. The van der Waals surface area contributed by atoms with Crippen LogP contribution in [0.3, 0.4) is 0 Å². The van der Waals surface area contributed by atoms with Crippen LogP contribution in [0.1, 0.15) is 13.3 Å². The fraction of sp³-hybridized carbons (Fsp3) is 0.300. The third kappa shape index (κ3) is 2.65. The van der Waals surface area contributed by atoms with Crippen molar-refractivity contribution in [2.45, 2.75) is 13.3 Å². The average Bonchev–Trinajstić information content (AvgIpc) is 2.12. The van der Waals surface area contributed by atoms with Crippen molar-refractivity contribution in [1.82, 2.24) is 0 Å². The quantitative estimate of drug-likeness (QED) is 0.366. The molecule has 4 nitrogen and oxygen atoms in total. The van der Waals surface area contributed by atoms with Gasteiger partial charge < -0.3 is 4.74 Å². The van der Waals surface area contributed by atoms with Crippen LogP contribution in [-0.2, 0) is 19.1 Å². The average molecular weight is 194 g/mol. The van der Waals surface area contributed by atoms with Crippen molar-refractivity contribution < 1.29 is 19.1 Å². The van der Waals surface area contributed by atoms with Gasteiger partial charge in [-0.2, -0.15) is 0 Å². The lowest BCUT2D eigenvalue weighted by atomic mass is 10.00. The van der Waals surface area contributed by atoms with Crippen LogP contribution in [0.4, 0.5) is 0 Å². The fourth-order valence-corrected chi connectivity index (χ4v) is 1.04. The van der Waals surface area contributed by atoms with Gasteiger partial charge in [-0.25, -0.2) is 4.79 Å². The molecule has 14 heavy (non-hydrogen) atoms. The lowest BCUT2D eigenvalue weighted by Crippen LogP contribution is -2.15. The van der Waals surface area contributed by atoms with E-state index in [2.05, 4.69) is 4.74 Å². The van der Waals surface area contributed by atoms with Gasteiger partial charge in [0.25, 0.3) is 0 Å². The Morgan fingerprint density at radius 3 is 2.79 bits per heavy atom. The molecule has 0 unspecified atom stereocenters. The van der Waals surface area contributed by atoms with Gasteiger partial charge in [0.15, 0.2) is 0 Å². The second kappa shape index (κ2) is 4.50. The monoisotopic (exact) mass is 194 g/mol. The zero-order valence-corrected chi connectivity index (χ0v) is 7.78. The molecule has 0 spiro atoms. The zero-order valence-electron chi connectivity index (χ0n) is 7.78. The summed E-state index contributed by atoms with van der Waals surface area (Å²) in [5, 5.41) is 0. The molecule has 0 saturated heterocycles. The van der Waals surface area contributed by atoms with E-state index in [0.29, 0.717) is 12.2 Å². The van der Waals surface area contributed by atoms with E-state index >= 15 is 0 Å². The second-order valence-corrected chi connectivity index (χ2v) is 2.77. The number of ketones is 2. The molecular formula is C10H10O4. The van der Waals surface area contributed by atoms with Crippen molar-refractivity contribution in [2.75, 3.05) is 6.61 Å². The van der Waals surface area contributed by atoms with Crippen LogP contribution in [-0.4, -0.2) is 24.1 Å². The summed E-state index contributed by atoms with van der Waals surface area (Å²) < 4.78 is 4.66. The molecule has 4 heteroatoms. The molecule has 0 aromatic heterocycles. The molecule has 0 bridgehead atoms.